The van der Waals surface area contributed by atoms with Gasteiger partial charge in [-0.2, -0.15) is 0 Å². The van der Waals surface area contributed by atoms with E-state index in [1.165, 1.54) is 17.6 Å². The van der Waals surface area contributed by atoms with Crippen LogP contribution in [0.5, 0.6) is 0 Å². The number of furan rings is 1. The van der Waals surface area contributed by atoms with E-state index in [4.69, 9.17) is 9.15 Å². The van der Waals surface area contributed by atoms with Crippen molar-refractivity contribution in [2.45, 2.75) is 89.5 Å². The average Bonchev–Trinajstić information content (AvgIpc) is 3.56. The maximum atomic E-state index is 13.8. The molecule has 2 heterocycles. The molecule has 1 aliphatic heterocycles. The summed E-state index contributed by atoms with van der Waals surface area (Å²) in [4.78, 5) is 53.6. The molecule has 11 heteroatoms. The molecular weight excluding hydrogens is 564 g/mol. The predicted octanol–water partition coefficient (Wildman–Crippen LogP) is 3.48. The summed E-state index contributed by atoms with van der Waals surface area (Å²) in [5, 5.41) is 19.7. The second kappa shape index (κ2) is 16.3. The summed E-state index contributed by atoms with van der Waals surface area (Å²) in [6, 6.07) is 11.0. The Hall–Kier alpha value is -3.86. The van der Waals surface area contributed by atoms with Crippen LogP contribution in [0, 0.1) is 11.8 Å². The maximum Gasteiger partial charge on any atom is 0.411 e. The van der Waals surface area contributed by atoms with Gasteiger partial charge in [0.25, 0.3) is 5.91 Å². The summed E-state index contributed by atoms with van der Waals surface area (Å²) < 4.78 is 11.1. The molecule has 1 saturated heterocycles. The van der Waals surface area contributed by atoms with Gasteiger partial charge in [0.1, 0.15) is 24.5 Å². The van der Waals surface area contributed by atoms with Gasteiger partial charge < -0.3 is 30.2 Å². The van der Waals surface area contributed by atoms with Gasteiger partial charge in [-0.3, -0.25) is 19.3 Å². The van der Waals surface area contributed by atoms with E-state index >= 15 is 0 Å². The molecule has 1 saturated carbocycles. The number of rotatable bonds is 13. The highest BCUT2D eigenvalue weighted by molar-refractivity contribution is 5.91. The molecule has 0 unspecified atom stereocenters. The summed E-state index contributed by atoms with van der Waals surface area (Å²) in [6.45, 7) is 4.31. The number of amides is 4. The smallest absolute Gasteiger partial charge is 0.411 e. The third kappa shape index (κ3) is 9.83. The fourth-order valence-electron chi connectivity index (χ4n) is 5.96. The number of nitrogens with one attached hydrogen (secondary N) is 3. The summed E-state index contributed by atoms with van der Waals surface area (Å²) in [6.07, 6.45) is 4.98. The quantitative estimate of drug-likeness (QED) is 0.271. The number of aliphatic hydroxyl groups excluding tert-OH is 1. The van der Waals surface area contributed by atoms with Gasteiger partial charge in [0.15, 0.2) is 6.10 Å². The SMILES string of the molecule is CC(C)C[C@H](NC(=O)[C@H](Cc1ccccc1)OC(=O)N1CCNC(=O)C1)C(=O)N[C@@H](CC1CCCCC1)[C@@H](O)c1ccco1. The van der Waals surface area contributed by atoms with Crippen molar-refractivity contribution >= 4 is 23.8 Å². The summed E-state index contributed by atoms with van der Waals surface area (Å²) in [5.41, 5.74) is 0.774. The topological polar surface area (TPSA) is 150 Å². The highest BCUT2D eigenvalue weighted by Crippen LogP contribution is 2.31. The standard InChI is InChI=1S/C33H46N4O7/c1-22(2)18-26(31(40)35-25(19-23-10-5-3-6-11-23)30(39)27-14-9-17-43-27)36-32(41)28(20-24-12-7-4-8-13-24)44-33(42)37-16-15-34-29(38)21-37/h4,7-9,12-14,17,22-23,25-26,28,30,39H,3,5-6,10-11,15-16,18-21H2,1-2H3,(H,34,38)(H,35,40)(H,36,41)/t25-,26-,28-,30+/m0/s1. The van der Waals surface area contributed by atoms with E-state index in [2.05, 4.69) is 16.0 Å². The first-order chi connectivity index (χ1) is 21.2. The molecule has 0 spiro atoms. The van der Waals surface area contributed by atoms with Crippen molar-refractivity contribution in [1.29, 1.82) is 0 Å². The zero-order valence-corrected chi connectivity index (χ0v) is 25.7. The lowest BCUT2D eigenvalue weighted by Crippen LogP contribution is -2.55. The van der Waals surface area contributed by atoms with Crippen LogP contribution in [0.4, 0.5) is 4.79 Å². The van der Waals surface area contributed by atoms with Crippen molar-refractivity contribution in [2.75, 3.05) is 19.6 Å². The van der Waals surface area contributed by atoms with E-state index in [9.17, 15) is 24.3 Å². The normalized spacial score (nSPS) is 18.5. The second-order valence-electron chi connectivity index (χ2n) is 12.3. The largest absolute Gasteiger partial charge is 0.467 e. The number of benzene rings is 1. The molecule has 4 atom stereocenters. The van der Waals surface area contributed by atoms with Crippen LogP contribution < -0.4 is 16.0 Å². The van der Waals surface area contributed by atoms with Gasteiger partial charge in [-0.1, -0.05) is 76.3 Å². The van der Waals surface area contributed by atoms with Gasteiger partial charge in [0.2, 0.25) is 11.8 Å². The Morgan fingerprint density at radius 1 is 1.05 bits per heavy atom. The minimum absolute atomic E-state index is 0.0554. The molecular formula is C33H46N4O7. The molecule has 2 fully saturated rings. The van der Waals surface area contributed by atoms with Crippen LogP contribution >= 0.6 is 0 Å². The molecule has 2 aromatic rings. The lowest BCUT2D eigenvalue weighted by Gasteiger charge is -2.31. The molecule has 1 aromatic heterocycles. The zero-order valence-electron chi connectivity index (χ0n) is 25.7. The monoisotopic (exact) mass is 610 g/mol. The van der Waals surface area contributed by atoms with Gasteiger partial charge in [0, 0.05) is 19.5 Å². The number of piperazine rings is 1. The summed E-state index contributed by atoms with van der Waals surface area (Å²) in [7, 11) is 0. The molecule has 0 radical (unpaired) electrons. The van der Waals surface area contributed by atoms with Crippen molar-refractivity contribution in [1.82, 2.24) is 20.9 Å². The van der Waals surface area contributed by atoms with Crippen LogP contribution in [0.25, 0.3) is 0 Å². The molecule has 4 amide bonds. The third-order valence-electron chi connectivity index (χ3n) is 8.29. The van der Waals surface area contributed by atoms with Crippen LogP contribution in [-0.4, -0.2) is 71.6 Å². The fraction of sp³-hybridized carbons (Fsp3) is 0.576. The van der Waals surface area contributed by atoms with Crippen molar-refractivity contribution in [3.05, 3.63) is 60.1 Å². The van der Waals surface area contributed by atoms with Crippen LogP contribution in [-0.2, 0) is 25.5 Å². The fourth-order valence-corrected chi connectivity index (χ4v) is 5.96. The van der Waals surface area contributed by atoms with Gasteiger partial charge in [0.05, 0.1) is 12.3 Å². The number of carbonyl (C=O) groups excluding carboxylic acids is 4. The Bertz CT molecular complexity index is 1210. The first-order valence-electron chi connectivity index (χ1n) is 15.8. The van der Waals surface area contributed by atoms with E-state index in [0.717, 1.165) is 31.2 Å². The molecule has 4 rings (SSSR count). The lowest BCUT2D eigenvalue weighted by atomic mass is 9.83. The van der Waals surface area contributed by atoms with Gasteiger partial charge in [-0.05, 0) is 42.4 Å². The molecule has 1 aromatic carbocycles. The van der Waals surface area contributed by atoms with Crippen LogP contribution in [0.1, 0.15) is 76.2 Å². The number of hydrogen-bond acceptors (Lipinski definition) is 7. The van der Waals surface area contributed by atoms with Crippen molar-refractivity contribution in [3.8, 4) is 0 Å². The Morgan fingerprint density at radius 3 is 2.45 bits per heavy atom. The number of hydrogen-bond donors (Lipinski definition) is 4. The minimum atomic E-state index is -1.23. The lowest BCUT2D eigenvalue weighted by molar-refractivity contribution is -0.135. The van der Waals surface area contributed by atoms with E-state index in [1.807, 2.05) is 44.2 Å². The number of nitrogens with zero attached hydrogens (tertiary/aromatic N) is 1. The second-order valence-corrected chi connectivity index (χ2v) is 12.3. The Labute approximate surface area is 259 Å². The van der Waals surface area contributed by atoms with Crippen molar-refractivity contribution in [3.63, 3.8) is 0 Å². The van der Waals surface area contributed by atoms with Gasteiger partial charge in [-0.15, -0.1) is 0 Å². The Kier molecular flexibility index (Phi) is 12.2. The summed E-state index contributed by atoms with van der Waals surface area (Å²) >= 11 is 0. The molecule has 2 aliphatic rings. The minimum Gasteiger partial charge on any atom is -0.467 e. The Balaban J connectivity index is 1.50. The first-order valence-corrected chi connectivity index (χ1v) is 15.8. The molecule has 0 bridgehead atoms. The average molecular weight is 611 g/mol. The molecule has 11 nitrogen and oxygen atoms in total. The van der Waals surface area contributed by atoms with E-state index < -0.39 is 42.2 Å². The predicted molar refractivity (Wildman–Crippen MR) is 163 cm³/mol. The van der Waals surface area contributed by atoms with Crippen molar-refractivity contribution in [2.24, 2.45) is 11.8 Å². The molecule has 1 aliphatic carbocycles. The van der Waals surface area contributed by atoms with E-state index in [0.29, 0.717) is 31.1 Å². The van der Waals surface area contributed by atoms with Crippen LogP contribution in [0.3, 0.4) is 0 Å². The molecule has 44 heavy (non-hydrogen) atoms. The highest BCUT2D eigenvalue weighted by Gasteiger charge is 2.34. The van der Waals surface area contributed by atoms with Crippen molar-refractivity contribution < 1.29 is 33.4 Å². The summed E-state index contributed by atoms with van der Waals surface area (Å²) in [5.74, 6) is -0.541. The van der Waals surface area contributed by atoms with Crippen LogP contribution in [0.2, 0.25) is 0 Å². The van der Waals surface area contributed by atoms with Crippen LogP contribution in [0.15, 0.2) is 53.1 Å². The number of ether oxygens (including phenoxy) is 1. The van der Waals surface area contributed by atoms with E-state index in [1.54, 1.807) is 12.1 Å². The van der Waals surface area contributed by atoms with Gasteiger partial charge >= 0.3 is 6.09 Å². The number of carbonyl (C=O) groups is 4. The molecule has 4 N–H and O–H groups in total. The Morgan fingerprint density at radius 2 is 1.80 bits per heavy atom. The zero-order chi connectivity index (χ0) is 31.5. The number of aliphatic hydroxyl groups is 1. The highest BCUT2D eigenvalue weighted by atomic mass is 16.6. The third-order valence-corrected chi connectivity index (χ3v) is 8.29. The molecule has 240 valence electrons. The van der Waals surface area contributed by atoms with E-state index in [-0.39, 0.29) is 31.3 Å². The maximum absolute atomic E-state index is 13.8. The van der Waals surface area contributed by atoms with Gasteiger partial charge in [-0.25, -0.2) is 4.79 Å². The first kappa shape index (κ1) is 33.0.